The van der Waals surface area contributed by atoms with Crippen LogP contribution < -0.4 is 15.0 Å². The summed E-state index contributed by atoms with van der Waals surface area (Å²) in [5.74, 6) is 2.50. The summed E-state index contributed by atoms with van der Waals surface area (Å²) in [5, 5.41) is 3.05. The van der Waals surface area contributed by atoms with Gasteiger partial charge in [-0.25, -0.2) is 4.98 Å². The second kappa shape index (κ2) is 8.89. The number of aromatic nitrogens is 1. The van der Waals surface area contributed by atoms with Gasteiger partial charge in [0.1, 0.15) is 11.6 Å². The predicted molar refractivity (Wildman–Crippen MR) is 108 cm³/mol. The lowest BCUT2D eigenvalue weighted by molar-refractivity contribution is 0.0940. The maximum atomic E-state index is 12.5. The van der Waals surface area contributed by atoms with Crippen LogP contribution in [0.5, 0.6) is 5.75 Å². The molecule has 0 saturated carbocycles. The molecule has 1 fully saturated rings. The van der Waals surface area contributed by atoms with Crippen LogP contribution in [0.3, 0.4) is 0 Å². The van der Waals surface area contributed by atoms with Gasteiger partial charge < -0.3 is 15.0 Å². The number of hydrogen-bond acceptors (Lipinski definition) is 4. The maximum absolute atomic E-state index is 12.5. The first-order valence-electron chi connectivity index (χ1n) is 9.70. The van der Waals surface area contributed by atoms with Crippen LogP contribution in [0.25, 0.3) is 0 Å². The average molecular weight is 367 g/mol. The highest BCUT2D eigenvalue weighted by Gasteiger charge is 2.17. The average Bonchev–Trinajstić information content (AvgIpc) is 2.68. The topological polar surface area (TPSA) is 54.5 Å². The van der Waals surface area contributed by atoms with Crippen molar-refractivity contribution in [1.29, 1.82) is 0 Å². The SMILES string of the molecule is COc1cccc(CC(C)NC(=O)c2ccc(N3CCC(C)CC3)nc2)c1. The molecule has 1 N–H and O–H groups in total. The Balaban J connectivity index is 1.55. The molecule has 1 aliphatic rings. The Morgan fingerprint density at radius 3 is 2.74 bits per heavy atom. The largest absolute Gasteiger partial charge is 0.497 e. The van der Waals surface area contributed by atoms with Gasteiger partial charge >= 0.3 is 0 Å². The highest BCUT2D eigenvalue weighted by molar-refractivity contribution is 5.94. The standard InChI is InChI=1S/C22H29N3O2/c1-16-9-11-25(12-10-16)21-8-7-19(15-23-21)22(26)24-17(2)13-18-5-4-6-20(14-18)27-3/h4-8,14-17H,9-13H2,1-3H3,(H,24,26). The molecule has 144 valence electrons. The van der Waals surface area contributed by atoms with Crippen LogP contribution in [-0.2, 0) is 6.42 Å². The van der Waals surface area contributed by atoms with Crippen molar-refractivity contribution in [2.24, 2.45) is 5.92 Å². The molecular formula is C22H29N3O2. The Labute approximate surface area is 161 Å². The highest BCUT2D eigenvalue weighted by Crippen LogP contribution is 2.21. The molecule has 5 nitrogen and oxygen atoms in total. The van der Waals surface area contributed by atoms with Crippen molar-refractivity contribution >= 4 is 11.7 Å². The first-order valence-corrected chi connectivity index (χ1v) is 9.70. The lowest BCUT2D eigenvalue weighted by Crippen LogP contribution is -2.35. The minimum Gasteiger partial charge on any atom is -0.497 e. The third kappa shape index (κ3) is 5.22. The van der Waals surface area contributed by atoms with Crippen LogP contribution in [0.15, 0.2) is 42.6 Å². The van der Waals surface area contributed by atoms with Crippen molar-refractivity contribution in [1.82, 2.24) is 10.3 Å². The molecule has 1 amide bonds. The number of pyridine rings is 1. The molecule has 0 bridgehead atoms. The number of methoxy groups -OCH3 is 1. The Morgan fingerprint density at radius 1 is 1.30 bits per heavy atom. The van der Waals surface area contributed by atoms with Gasteiger partial charge in [0.25, 0.3) is 5.91 Å². The van der Waals surface area contributed by atoms with E-state index < -0.39 is 0 Å². The van der Waals surface area contributed by atoms with Gasteiger partial charge in [0.15, 0.2) is 0 Å². The summed E-state index contributed by atoms with van der Waals surface area (Å²) >= 11 is 0. The predicted octanol–water partition coefficient (Wildman–Crippen LogP) is 3.69. The number of nitrogens with one attached hydrogen (secondary N) is 1. The molecule has 1 unspecified atom stereocenters. The molecule has 1 saturated heterocycles. The van der Waals surface area contributed by atoms with Crippen molar-refractivity contribution < 1.29 is 9.53 Å². The molecule has 3 rings (SSSR count). The minimum absolute atomic E-state index is 0.0212. The van der Waals surface area contributed by atoms with Gasteiger partial charge in [-0.2, -0.15) is 0 Å². The van der Waals surface area contributed by atoms with Crippen molar-refractivity contribution in [3.8, 4) is 5.75 Å². The summed E-state index contributed by atoms with van der Waals surface area (Å²) < 4.78 is 5.25. The van der Waals surface area contributed by atoms with Crippen LogP contribution >= 0.6 is 0 Å². The van der Waals surface area contributed by atoms with E-state index in [-0.39, 0.29) is 11.9 Å². The molecular weight excluding hydrogens is 338 g/mol. The first kappa shape index (κ1) is 19.2. The van der Waals surface area contributed by atoms with E-state index in [1.54, 1.807) is 13.3 Å². The number of nitrogens with zero attached hydrogens (tertiary/aromatic N) is 2. The number of carbonyl (C=O) groups is 1. The number of benzene rings is 1. The maximum Gasteiger partial charge on any atom is 0.253 e. The normalized spacial score (nSPS) is 16.0. The number of ether oxygens (including phenoxy) is 1. The zero-order valence-electron chi connectivity index (χ0n) is 16.4. The summed E-state index contributed by atoms with van der Waals surface area (Å²) in [5.41, 5.74) is 1.73. The summed E-state index contributed by atoms with van der Waals surface area (Å²) in [6.07, 6.45) is 4.83. The molecule has 1 atom stereocenters. The fourth-order valence-electron chi connectivity index (χ4n) is 3.46. The third-order valence-electron chi connectivity index (χ3n) is 5.17. The van der Waals surface area contributed by atoms with E-state index in [9.17, 15) is 4.79 Å². The number of piperidine rings is 1. The molecule has 0 spiro atoms. The summed E-state index contributed by atoms with van der Waals surface area (Å²) in [6.45, 7) is 6.38. The highest BCUT2D eigenvalue weighted by atomic mass is 16.5. The van der Waals surface area contributed by atoms with Crippen LogP contribution in [-0.4, -0.2) is 37.1 Å². The van der Waals surface area contributed by atoms with Gasteiger partial charge in [-0.1, -0.05) is 19.1 Å². The number of carbonyl (C=O) groups excluding carboxylic acids is 1. The quantitative estimate of drug-likeness (QED) is 0.846. The fourth-order valence-corrected chi connectivity index (χ4v) is 3.46. The lowest BCUT2D eigenvalue weighted by atomic mass is 9.99. The molecule has 1 aromatic heterocycles. The van der Waals surface area contributed by atoms with E-state index in [1.165, 1.54) is 12.8 Å². The van der Waals surface area contributed by atoms with Gasteiger partial charge in [-0.3, -0.25) is 4.79 Å². The molecule has 2 heterocycles. The van der Waals surface area contributed by atoms with E-state index in [0.29, 0.717) is 5.56 Å². The van der Waals surface area contributed by atoms with Crippen LogP contribution in [0.2, 0.25) is 0 Å². The molecule has 0 aliphatic carbocycles. The Bertz CT molecular complexity index is 752. The van der Waals surface area contributed by atoms with Crippen molar-refractivity contribution in [2.45, 2.75) is 39.2 Å². The summed E-state index contributed by atoms with van der Waals surface area (Å²) in [7, 11) is 1.66. The monoisotopic (exact) mass is 367 g/mol. The number of amides is 1. The molecule has 27 heavy (non-hydrogen) atoms. The number of hydrogen-bond donors (Lipinski definition) is 1. The van der Waals surface area contributed by atoms with Gasteiger partial charge in [0.05, 0.1) is 12.7 Å². The van der Waals surface area contributed by atoms with E-state index in [1.807, 2.05) is 43.3 Å². The van der Waals surface area contributed by atoms with E-state index in [2.05, 4.69) is 22.1 Å². The van der Waals surface area contributed by atoms with E-state index >= 15 is 0 Å². The molecule has 0 radical (unpaired) electrons. The number of rotatable bonds is 6. The van der Waals surface area contributed by atoms with Crippen molar-refractivity contribution in [3.63, 3.8) is 0 Å². The van der Waals surface area contributed by atoms with E-state index in [0.717, 1.165) is 42.6 Å². The third-order valence-corrected chi connectivity index (χ3v) is 5.17. The Morgan fingerprint density at radius 2 is 2.07 bits per heavy atom. The van der Waals surface area contributed by atoms with Crippen LogP contribution in [0, 0.1) is 5.92 Å². The number of anilines is 1. The molecule has 5 heteroatoms. The van der Waals surface area contributed by atoms with Gasteiger partial charge in [0, 0.05) is 25.3 Å². The second-order valence-electron chi connectivity index (χ2n) is 7.50. The van der Waals surface area contributed by atoms with Gasteiger partial charge in [-0.15, -0.1) is 0 Å². The van der Waals surface area contributed by atoms with Gasteiger partial charge in [-0.05, 0) is 61.9 Å². The van der Waals surface area contributed by atoms with Crippen molar-refractivity contribution in [2.75, 3.05) is 25.1 Å². The minimum atomic E-state index is -0.0864. The zero-order valence-corrected chi connectivity index (χ0v) is 16.4. The lowest BCUT2D eigenvalue weighted by Gasteiger charge is -2.31. The van der Waals surface area contributed by atoms with E-state index in [4.69, 9.17) is 4.74 Å². The van der Waals surface area contributed by atoms with Crippen LogP contribution in [0.1, 0.15) is 42.6 Å². The smallest absolute Gasteiger partial charge is 0.253 e. The zero-order chi connectivity index (χ0) is 19.2. The Kier molecular flexibility index (Phi) is 6.32. The summed E-state index contributed by atoms with van der Waals surface area (Å²) in [4.78, 5) is 19.3. The Hall–Kier alpha value is -2.56. The van der Waals surface area contributed by atoms with Crippen molar-refractivity contribution in [3.05, 3.63) is 53.7 Å². The first-order chi connectivity index (χ1) is 13.0. The molecule has 2 aromatic rings. The van der Waals surface area contributed by atoms with Crippen LogP contribution in [0.4, 0.5) is 5.82 Å². The fraction of sp³-hybridized carbons (Fsp3) is 0.455. The van der Waals surface area contributed by atoms with Gasteiger partial charge in [0.2, 0.25) is 0 Å². The molecule has 1 aliphatic heterocycles. The summed E-state index contributed by atoms with van der Waals surface area (Å²) in [6, 6.07) is 11.8. The second-order valence-corrected chi connectivity index (χ2v) is 7.50. The molecule has 1 aromatic carbocycles.